The van der Waals surface area contributed by atoms with Gasteiger partial charge in [0.15, 0.2) is 11.5 Å². The number of likely N-dealkylation sites (tertiary alicyclic amines) is 1. The molecule has 2 aromatic heterocycles. The van der Waals surface area contributed by atoms with Crippen LogP contribution in [0.4, 0.5) is 0 Å². The quantitative estimate of drug-likeness (QED) is 0.201. The van der Waals surface area contributed by atoms with Crippen molar-refractivity contribution in [3.05, 3.63) is 101 Å². The zero-order valence-corrected chi connectivity index (χ0v) is 22.5. The third kappa shape index (κ3) is 4.53. The molecule has 1 atom stereocenters. The largest absolute Gasteiger partial charge is 0.507 e. The van der Waals surface area contributed by atoms with E-state index in [2.05, 4.69) is 10.1 Å². The lowest BCUT2D eigenvalue weighted by Crippen LogP contribution is -2.29. The van der Waals surface area contributed by atoms with Gasteiger partial charge in [0.1, 0.15) is 5.76 Å². The predicted molar refractivity (Wildman–Crippen MR) is 146 cm³/mol. The lowest BCUT2D eigenvalue weighted by atomic mass is 9.94. The molecule has 0 radical (unpaired) electrons. The maximum absolute atomic E-state index is 13.6. The van der Waals surface area contributed by atoms with Gasteiger partial charge in [-0.15, -0.1) is 0 Å². The van der Waals surface area contributed by atoms with Crippen molar-refractivity contribution in [1.29, 1.82) is 0 Å². The Balaban J connectivity index is 1.71. The highest BCUT2D eigenvalue weighted by atomic mass is 16.5. The number of pyridine rings is 1. The molecule has 204 valence electrons. The van der Waals surface area contributed by atoms with Crippen molar-refractivity contribution in [2.75, 3.05) is 21.3 Å². The number of benzene rings is 2. The molecule has 1 aliphatic heterocycles. The molecule has 0 bridgehead atoms. The molecule has 1 saturated heterocycles. The Morgan fingerprint density at radius 2 is 1.65 bits per heavy atom. The van der Waals surface area contributed by atoms with Gasteiger partial charge in [-0.05, 0) is 48.4 Å². The first-order valence-corrected chi connectivity index (χ1v) is 12.5. The molecular weight excluding hydrogens is 512 g/mol. The Morgan fingerprint density at radius 3 is 2.25 bits per heavy atom. The van der Waals surface area contributed by atoms with E-state index < -0.39 is 17.7 Å². The predicted octanol–water partition coefficient (Wildman–Crippen LogP) is 4.22. The summed E-state index contributed by atoms with van der Waals surface area (Å²) in [6.07, 6.45) is 4.74. The summed E-state index contributed by atoms with van der Waals surface area (Å²) in [7, 11) is 4.45. The summed E-state index contributed by atoms with van der Waals surface area (Å²) in [6, 6.07) is 15.4. The Labute approximate surface area is 231 Å². The van der Waals surface area contributed by atoms with Crippen LogP contribution in [0.5, 0.6) is 17.2 Å². The molecule has 0 spiro atoms. The number of carbonyl (C=O) groups is 2. The average molecular weight is 541 g/mol. The minimum absolute atomic E-state index is 0.0705. The molecule has 1 N–H and O–H groups in total. The number of aliphatic hydroxyl groups excluding tert-OH is 1. The summed E-state index contributed by atoms with van der Waals surface area (Å²) < 4.78 is 18.2. The third-order valence-electron chi connectivity index (χ3n) is 6.88. The van der Waals surface area contributed by atoms with E-state index in [1.807, 2.05) is 36.4 Å². The summed E-state index contributed by atoms with van der Waals surface area (Å²) in [5.74, 6) is -0.846. The van der Waals surface area contributed by atoms with Gasteiger partial charge in [0, 0.05) is 18.9 Å². The number of aromatic nitrogens is 3. The second-order valence-corrected chi connectivity index (χ2v) is 9.14. The fraction of sp³-hybridized carbons (Fsp3) is 0.200. The van der Waals surface area contributed by atoms with Gasteiger partial charge in [0.2, 0.25) is 5.75 Å². The number of para-hydroxylation sites is 1. The molecule has 40 heavy (non-hydrogen) atoms. The van der Waals surface area contributed by atoms with Gasteiger partial charge < -0.3 is 24.2 Å². The zero-order valence-electron chi connectivity index (χ0n) is 22.5. The molecule has 10 nitrogen and oxygen atoms in total. The van der Waals surface area contributed by atoms with Crippen molar-refractivity contribution >= 4 is 17.4 Å². The van der Waals surface area contributed by atoms with Crippen LogP contribution < -0.4 is 14.2 Å². The topological polar surface area (TPSA) is 116 Å². The van der Waals surface area contributed by atoms with Gasteiger partial charge in [0.05, 0.1) is 56.1 Å². The van der Waals surface area contributed by atoms with Crippen molar-refractivity contribution in [3.63, 3.8) is 0 Å². The van der Waals surface area contributed by atoms with Crippen LogP contribution in [0.25, 0.3) is 11.4 Å². The number of carbonyl (C=O) groups excluding carboxylic acids is 2. The van der Waals surface area contributed by atoms with Crippen LogP contribution in [0, 0.1) is 6.92 Å². The molecule has 1 aliphatic rings. The van der Waals surface area contributed by atoms with Gasteiger partial charge in [-0.2, -0.15) is 5.10 Å². The van der Waals surface area contributed by atoms with Crippen LogP contribution in [0.2, 0.25) is 0 Å². The van der Waals surface area contributed by atoms with Gasteiger partial charge in [-0.1, -0.05) is 24.3 Å². The Bertz CT molecular complexity index is 1570. The fourth-order valence-electron chi connectivity index (χ4n) is 4.95. The first-order valence-electron chi connectivity index (χ1n) is 12.5. The number of ketones is 1. The van der Waals surface area contributed by atoms with Gasteiger partial charge >= 0.3 is 0 Å². The molecule has 1 fully saturated rings. The van der Waals surface area contributed by atoms with Crippen LogP contribution in [0.1, 0.15) is 28.4 Å². The number of rotatable bonds is 8. The summed E-state index contributed by atoms with van der Waals surface area (Å²) in [6.45, 7) is 1.87. The van der Waals surface area contributed by atoms with Crippen molar-refractivity contribution in [3.8, 4) is 22.9 Å². The van der Waals surface area contributed by atoms with E-state index in [0.29, 0.717) is 34.1 Å². The first kappa shape index (κ1) is 26.5. The number of nitrogens with zero attached hydrogens (tertiary/aromatic N) is 4. The maximum Gasteiger partial charge on any atom is 0.295 e. The van der Waals surface area contributed by atoms with Crippen molar-refractivity contribution < 1.29 is 28.9 Å². The fourth-order valence-corrected chi connectivity index (χ4v) is 4.95. The second kappa shape index (κ2) is 10.9. The van der Waals surface area contributed by atoms with E-state index in [-0.39, 0.29) is 17.9 Å². The molecule has 10 heteroatoms. The Morgan fingerprint density at radius 1 is 0.950 bits per heavy atom. The van der Waals surface area contributed by atoms with Gasteiger partial charge in [-0.25, -0.2) is 4.68 Å². The van der Waals surface area contributed by atoms with E-state index in [4.69, 9.17) is 14.2 Å². The maximum atomic E-state index is 13.6. The van der Waals surface area contributed by atoms with Crippen molar-refractivity contribution in [1.82, 2.24) is 19.7 Å². The number of aliphatic hydroxyl groups is 1. The van der Waals surface area contributed by atoms with Crippen molar-refractivity contribution in [2.24, 2.45) is 0 Å². The number of hydrogen-bond acceptors (Lipinski definition) is 8. The van der Waals surface area contributed by atoms with E-state index in [0.717, 1.165) is 11.3 Å². The number of ether oxygens (including phenoxy) is 3. The standard InChI is InChI=1S/C30H28N4O6/c1-18-22(16-32-34(18)21-10-6-5-7-11-21)27(35)25-26(20-13-23(38-2)29(40-4)24(14-20)39-3)33(30(37)28(25)36)17-19-9-8-12-31-15-19/h5-16,26,35H,17H2,1-4H3. The SMILES string of the molecule is COc1cc(C2C(=C(O)c3cnn(-c4ccccc4)c3C)C(=O)C(=O)N2Cc2cccnc2)cc(OC)c1OC. The molecule has 1 unspecified atom stereocenters. The van der Waals surface area contributed by atoms with Gasteiger partial charge in [-0.3, -0.25) is 14.6 Å². The van der Waals surface area contributed by atoms with Crippen LogP contribution in [-0.2, 0) is 16.1 Å². The minimum Gasteiger partial charge on any atom is -0.507 e. The lowest BCUT2D eigenvalue weighted by Gasteiger charge is -2.26. The van der Waals surface area contributed by atoms with Gasteiger partial charge in [0.25, 0.3) is 11.7 Å². The summed E-state index contributed by atoms with van der Waals surface area (Å²) in [5.41, 5.74) is 2.87. The van der Waals surface area contributed by atoms with E-state index in [9.17, 15) is 14.7 Å². The van der Waals surface area contributed by atoms with E-state index in [1.165, 1.54) is 32.4 Å². The average Bonchev–Trinajstić information content (AvgIpc) is 3.49. The van der Waals surface area contributed by atoms with Crippen LogP contribution >= 0.6 is 0 Å². The second-order valence-electron chi connectivity index (χ2n) is 9.14. The molecule has 1 amide bonds. The monoisotopic (exact) mass is 540 g/mol. The molecule has 0 aliphatic carbocycles. The Hall–Kier alpha value is -5.12. The lowest BCUT2D eigenvalue weighted by molar-refractivity contribution is -0.140. The normalized spacial score (nSPS) is 16.3. The molecule has 2 aromatic carbocycles. The third-order valence-corrected chi connectivity index (χ3v) is 6.88. The van der Waals surface area contributed by atoms with Crippen LogP contribution in [0.15, 0.2) is 78.8 Å². The number of amides is 1. The Kier molecular flexibility index (Phi) is 7.24. The van der Waals surface area contributed by atoms with Crippen LogP contribution in [-0.4, -0.2) is 57.8 Å². The summed E-state index contributed by atoms with van der Waals surface area (Å²) in [4.78, 5) is 32.6. The smallest absolute Gasteiger partial charge is 0.295 e. The molecular formula is C30H28N4O6. The summed E-state index contributed by atoms with van der Waals surface area (Å²) in [5, 5.41) is 16.1. The highest BCUT2D eigenvalue weighted by Crippen LogP contribution is 2.46. The molecule has 5 rings (SSSR count). The van der Waals surface area contributed by atoms with E-state index >= 15 is 0 Å². The number of methoxy groups -OCH3 is 3. The molecule has 4 aromatic rings. The van der Waals surface area contributed by atoms with Crippen LogP contribution in [0.3, 0.4) is 0 Å². The highest BCUT2D eigenvalue weighted by molar-refractivity contribution is 6.46. The highest BCUT2D eigenvalue weighted by Gasteiger charge is 2.47. The molecule has 3 heterocycles. The van der Waals surface area contributed by atoms with Crippen molar-refractivity contribution in [2.45, 2.75) is 19.5 Å². The van der Waals surface area contributed by atoms with E-state index in [1.54, 1.807) is 42.2 Å². The molecule has 0 saturated carbocycles. The number of hydrogen-bond donors (Lipinski definition) is 1. The summed E-state index contributed by atoms with van der Waals surface area (Å²) >= 11 is 0. The minimum atomic E-state index is -0.964. The first-order chi connectivity index (χ1) is 19.4. The number of Topliss-reactive ketones (excluding diaryl/α,β-unsaturated/α-hetero) is 1. The zero-order chi connectivity index (χ0) is 28.4.